The molecule has 0 aliphatic heterocycles. The van der Waals surface area contributed by atoms with Crippen molar-refractivity contribution < 1.29 is 9.90 Å². The van der Waals surface area contributed by atoms with Gasteiger partial charge in [-0.05, 0) is 12.1 Å². The van der Waals surface area contributed by atoms with Crippen LogP contribution in [0.25, 0.3) is 0 Å². The van der Waals surface area contributed by atoms with Gasteiger partial charge in [-0.3, -0.25) is 4.79 Å². The molecule has 0 unspecified atom stereocenters. The van der Waals surface area contributed by atoms with E-state index in [1.165, 1.54) is 11.8 Å². The predicted octanol–water partition coefficient (Wildman–Crippen LogP) is 3.95. The van der Waals surface area contributed by atoms with E-state index in [0.29, 0.717) is 10.0 Å². The van der Waals surface area contributed by atoms with Gasteiger partial charge in [0, 0.05) is 10.1 Å². The van der Waals surface area contributed by atoms with Gasteiger partial charge in [-0.25, -0.2) is 0 Å². The average molecular weight is 265 g/mol. The Morgan fingerprint density at radius 2 is 2.00 bits per heavy atom. The number of hydrogen-bond acceptors (Lipinski definition) is 2. The van der Waals surface area contributed by atoms with Crippen LogP contribution in [0.1, 0.15) is 13.3 Å². The van der Waals surface area contributed by atoms with Crippen LogP contribution in [0, 0.1) is 0 Å². The Bertz CT molecular complexity index is 348. The van der Waals surface area contributed by atoms with Gasteiger partial charge in [0.25, 0.3) is 0 Å². The minimum atomic E-state index is -0.821. The van der Waals surface area contributed by atoms with E-state index in [1.54, 1.807) is 18.2 Å². The van der Waals surface area contributed by atoms with Gasteiger partial charge in [-0.15, -0.1) is 11.8 Å². The maximum Gasteiger partial charge on any atom is 0.304 e. The number of benzene rings is 1. The minimum absolute atomic E-state index is 0.0556. The third kappa shape index (κ3) is 3.93. The van der Waals surface area contributed by atoms with Crippen molar-refractivity contribution in [3.05, 3.63) is 28.2 Å². The molecule has 1 aromatic carbocycles. The summed E-state index contributed by atoms with van der Waals surface area (Å²) >= 11 is 13.3. The minimum Gasteiger partial charge on any atom is -0.481 e. The van der Waals surface area contributed by atoms with Gasteiger partial charge >= 0.3 is 5.97 Å². The van der Waals surface area contributed by atoms with Crippen LogP contribution in [0.3, 0.4) is 0 Å². The van der Waals surface area contributed by atoms with E-state index in [4.69, 9.17) is 28.3 Å². The van der Waals surface area contributed by atoms with E-state index in [0.717, 1.165) is 4.90 Å². The topological polar surface area (TPSA) is 37.3 Å². The second-order valence-electron chi connectivity index (χ2n) is 3.08. The first-order valence-electron chi connectivity index (χ1n) is 4.33. The Kier molecular flexibility index (Phi) is 4.77. The molecule has 15 heavy (non-hydrogen) atoms. The van der Waals surface area contributed by atoms with Gasteiger partial charge < -0.3 is 5.11 Å². The maximum absolute atomic E-state index is 10.5. The van der Waals surface area contributed by atoms with Crippen LogP contribution in [0.2, 0.25) is 10.0 Å². The van der Waals surface area contributed by atoms with Crippen molar-refractivity contribution in [1.82, 2.24) is 0 Å². The SMILES string of the molecule is C[C@@H](CC(=O)O)Sc1c(Cl)cccc1Cl. The first-order valence-corrected chi connectivity index (χ1v) is 5.96. The quantitative estimate of drug-likeness (QED) is 0.837. The zero-order valence-corrected chi connectivity index (χ0v) is 10.4. The Hall–Kier alpha value is -0.380. The molecule has 0 fully saturated rings. The molecule has 0 aromatic heterocycles. The molecule has 0 aliphatic carbocycles. The lowest BCUT2D eigenvalue weighted by Crippen LogP contribution is -2.05. The zero-order chi connectivity index (χ0) is 11.4. The number of rotatable bonds is 4. The van der Waals surface area contributed by atoms with E-state index in [9.17, 15) is 4.79 Å². The van der Waals surface area contributed by atoms with Crippen LogP contribution in [-0.2, 0) is 4.79 Å². The highest BCUT2D eigenvalue weighted by atomic mass is 35.5. The molecule has 1 aromatic rings. The number of halogens is 2. The van der Waals surface area contributed by atoms with Crippen molar-refractivity contribution in [2.75, 3.05) is 0 Å². The summed E-state index contributed by atoms with van der Waals surface area (Å²) in [5.41, 5.74) is 0. The standard InChI is InChI=1S/C10H10Cl2O2S/c1-6(5-9(13)14)15-10-7(11)3-2-4-8(10)12/h2-4,6H,5H2,1H3,(H,13,14)/t6-/m0/s1. The van der Waals surface area contributed by atoms with Gasteiger partial charge in [-0.1, -0.05) is 36.2 Å². The van der Waals surface area contributed by atoms with Gasteiger partial charge in [-0.2, -0.15) is 0 Å². The summed E-state index contributed by atoms with van der Waals surface area (Å²) in [6.45, 7) is 1.83. The molecule has 0 bridgehead atoms. The normalized spacial score (nSPS) is 12.5. The fourth-order valence-electron chi connectivity index (χ4n) is 1.08. The Morgan fingerprint density at radius 1 is 1.47 bits per heavy atom. The number of carboxylic acid groups (broad SMARTS) is 1. The lowest BCUT2D eigenvalue weighted by atomic mass is 10.3. The highest BCUT2D eigenvalue weighted by Crippen LogP contribution is 2.36. The number of hydrogen-bond donors (Lipinski definition) is 1. The molecule has 0 saturated carbocycles. The monoisotopic (exact) mass is 264 g/mol. The molecular formula is C10H10Cl2O2S. The average Bonchev–Trinajstić information content (AvgIpc) is 2.10. The van der Waals surface area contributed by atoms with Crippen LogP contribution >= 0.6 is 35.0 Å². The number of aliphatic carboxylic acids is 1. The third-order valence-corrected chi connectivity index (χ3v) is 3.80. The van der Waals surface area contributed by atoms with Crippen LogP contribution in [-0.4, -0.2) is 16.3 Å². The third-order valence-electron chi connectivity index (χ3n) is 1.70. The molecule has 2 nitrogen and oxygen atoms in total. The van der Waals surface area contributed by atoms with E-state index >= 15 is 0 Å². The summed E-state index contributed by atoms with van der Waals surface area (Å²) in [6, 6.07) is 5.24. The van der Waals surface area contributed by atoms with Crippen molar-refractivity contribution in [3.63, 3.8) is 0 Å². The van der Waals surface area contributed by atoms with Crippen LogP contribution in [0.15, 0.2) is 23.1 Å². The van der Waals surface area contributed by atoms with Gasteiger partial charge in [0.2, 0.25) is 0 Å². The molecule has 0 amide bonds. The lowest BCUT2D eigenvalue weighted by Gasteiger charge is -2.11. The summed E-state index contributed by atoms with van der Waals surface area (Å²) in [7, 11) is 0. The molecule has 0 heterocycles. The maximum atomic E-state index is 10.5. The van der Waals surface area contributed by atoms with E-state index in [1.807, 2.05) is 6.92 Å². The molecular weight excluding hydrogens is 255 g/mol. The molecule has 0 saturated heterocycles. The molecule has 1 N–H and O–H groups in total. The smallest absolute Gasteiger partial charge is 0.304 e. The molecule has 0 aliphatic rings. The van der Waals surface area contributed by atoms with E-state index < -0.39 is 5.97 Å². The van der Waals surface area contributed by atoms with Crippen molar-refractivity contribution in [3.8, 4) is 0 Å². The van der Waals surface area contributed by atoms with Crippen molar-refractivity contribution in [1.29, 1.82) is 0 Å². The fraction of sp³-hybridized carbons (Fsp3) is 0.300. The van der Waals surface area contributed by atoms with E-state index in [-0.39, 0.29) is 11.7 Å². The second-order valence-corrected chi connectivity index (χ2v) is 5.34. The second kappa shape index (κ2) is 5.64. The Labute approximate surface area is 103 Å². The number of carbonyl (C=O) groups is 1. The van der Waals surface area contributed by atoms with Gasteiger partial charge in [0.1, 0.15) is 0 Å². The Morgan fingerprint density at radius 3 is 2.47 bits per heavy atom. The number of thioether (sulfide) groups is 1. The highest BCUT2D eigenvalue weighted by molar-refractivity contribution is 8.00. The van der Waals surface area contributed by atoms with Crippen molar-refractivity contribution in [2.45, 2.75) is 23.5 Å². The fourth-order valence-corrected chi connectivity index (χ4v) is 2.74. The molecule has 1 rings (SSSR count). The van der Waals surface area contributed by atoms with Crippen LogP contribution < -0.4 is 0 Å². The zero-order valence-electron chi connectivity index (χ0n) is 8.04. The summed E-state index contributed by atoms with van der Waals surface area (Å²) in [5.74, 6) is -0.821. The lowest BCUT2D eigenvalue weighted by molar-refractivity contribution is -0.136. The summed E-state index contributed by atoms with van der Waals surface area (Å²) in [4.78, 5) is 11.2. The summed E-state index contributed by atoms with van der Waals surface area (Å²) in [5, 5.41) is 9.69. The molecule has 1 atom stereocenters. The summed E-state index contributed by atoms with van der Waals surface area (Å²) in [6.07, 6.45) is 0.0895. The molecule has 5 heteroatoms. The van der Waals surface area contributed by atoms with Crippen molar-refractivity contribution in [2.24, 2.45) is 0 Å². The molecule has 0 spiro atoms. The predicted molar refractivity (Wildman–Crippen MR) is 64.0 cm³/mol. The highest BCUT2D eigenvalue weighted by Gasteiger charge is 2.13. The van der Waals surface area contributed by atoms with Gasteiger partial charge in [0.15, 0.2) is 0 Å². The van der Waals surface area contributed by atoms with E-state index in [2.05, 4.69) is 0 Å². The van der Waals surface area contributed by atoms with Crippen LogP contribution in [0.4, 0.5) is 0 Å². The summed E-state index contributed by atoms with van der Waals surface area (Å²) < 4.78 is 0. The van der Waals surface area contributed by atoms with Crippen molar-refractivity contribution >= 4 is 40.9 Å². The Balaban J connectivity index is 2.76. The first-order chi connectivity index (χ1) is 7.00. The molecule has 82 valence electrons. The van der Waals surface area contributed by atoms with Crippen LogP contribution in [0.5, 0.6) is 0 Å². The molecule has 0 radical (unpaired) electrons. The van der Waals surface area contributed by atoms with Gasteiger partial charge in [0.05, 0.1) is 16.5 Å². The largest absolute Gasteiger partial charge is 0.481 e. The number of carboxylic acids is 1. The first kappa shape index (κ1) is 12.7.